The van der Waals surface area contributed by atoms with Crippen LogP contribution in [0.15, 0.2) is 48.5 Å². The van der Waals surface area contributed by atoms with Crippen LogP contribution in [-0.2, 0) is 33.2 Å². The van der Waals surface area contributed by atoms with E-state index in [0.717, 1.165) is 17.4 Å². The Hall–Kier alpha value is -2.34. The molecule has 0 radical (unpaired) electrons. The zero-order valence-corrected chi connectivity index (χ0v) is 18.1. The molecule has 2 aromatic rings. The molecule has 0 saturated heterocycles. The molecule has 6 heteroatoms. The van der Waals surface area contributed by atoms with Crippen LogP contribution in [0.5, 0.6) is 0 Å². The molecule has 0 saturated carbocycles. The maximum atomic E-state index is 12.4. The SMILES string of the molecule is CC(Cc1ccc(C(C)(C)C)cc1)C(=O)NCc1ccc(NS(C)(=O)=O)cc1. The highest BCUT2D eigenvalue weighted by atomic mass is 32.2. The summed E-state index contributed by atoms with van der Waals surface area (Å²) in [6.45, 7) is 8.88. The predicted octanol–water partition coefficient (Wildman–Crippen LogP) is 3.85. The van der Waals surface area contributed by atoms with Crippen LogP contribution < -0.4 is 10.0 Å². The summed E-state index contributed by atoms with van der Waals surface area (Å²) >= 11 is 0. The van der Waals surface area contributed by atoms with Gasteiger partial charge in [-0.25, -0.2) is 8.42 Å². The van der Waals surface area contributed by atoms with Gasteiger partial charge in [-0.1, -0.05) is 64.1 Å². The van der Waals surface area contributed by atoms with Crippen molar-refractivity contribution < 1.29 is 13.2 Å². The normalized spacial score (nSPS) is 13.0. The first-order valence-electron chi connectivity index (χ1n) is 9.38. The fourth-order valence-corrected chi connectivity index (χ4v) is 3.42. The second kappa shape index (κ2) is 8.78. The Bertz CT molecular complexity index is 896. The summed E-state index contributed by atoms with van der Waals surface area (Å²) in [5, 5.41) is 2.94. The van der Waals surface area contributed by atoms with Crippen molar-refractivity contribution in [3.8, 4) is 0 Å². The zero-order valence-electron chi connectivity index (χ0n) is 17.2. The van der Waals surface area contributed by atoms with Gasteiger partial charge in [0, 0.05) is 18.2 Å². The number of rotatable bonds is 7. The van der Waals surface area contributed by atoms with Gasteiger partial charge in [0.05, 0.1) is 6.26 Å². The standard InChI is InChI=1S/C22H30N2O3S/c1-16(14-17-6-10-19(11-7-17)22(2,3)4)21(25)23-15-18-8-12-20(13-9-18)24-28(5,26)27/h6-13,16,24H,14-15H2,1-5H3,(H,23,25). The van der Waals surface area contributed by atoms with E-state index >= 15 is 0 Å². The van der Waals surface area contributed by atoms with Gasteiger partial charge in [0.15, 0.2) is 0 Å². The van der Waals surface area contributed by atoms with Crippen molar-refractivity contribution in [2.75, 3.05) is 11.0 Å². The predicted molar refractivity (Wildman–Crippen MR) is 115 cm³/mol. The Labute approximate surface area is 168 Å². The number of amides is 1. The molecule has 2 N–H and O–H groups in total. The van der Waals surface area contributed by atoms with Gasteiger partial charge in [0.2, 0.25) is 15.9 Å². The third kappa shape index (κ3) is 7.00. The summed E-state index contributed by atoms with van der Waals surface area (Å²) in [6, 6.07) is 15.4. The van der Waals surface area contributed by atoms with Gasteiger partial charge in [-0.15, -0.1) is 0 Å². The molecular formula is C22H30N2O3S. The highest BCUT2D eigenvalue weighted by Crippen LogP contribution is 2.23. The topological polar surface area (TPSA) is 75.3 Å². The minimum Gasteiger partial charge on any atom is -0.352 e. The van der Waals surface area contributed by atoms with Gasteiger partial charge in [-0.3, -0.25) is 9.52 Å². The van der Waals surface area contributed by atoms with Crippen LogP contribution in [0.1, 0.15) is 44.4 Å². The number of benzene rings is 2. The quantitative estimate of drug-likeness (QED) is 0.739. The molecule has 2 rings (SSSR count). The molecule has 2 aromatic carbocycles. The number of carbonyl (C=O) groups is 1. The molecular weight excluding hydrogens is 372 g/mol. The van der Waals surface area contributed by atoms with Crippen LogP contribution in [-0.4, -0.2) is 20.6 Å². The number of anilines is 1. The Kier molecular flexibility index (Phi) is 6.88. The third-order valence-electron chi connectivity index (χ3n) is 4.53. The van der Waals surface area contributed by atoms with Crippen LogP contribution >= 0.6 is 0 Å². The summed E-state index contributed by atoms with van der Waals surface area (Å²) < 4.78 is 24.9. The molecule has 0 aliphatic heterocycles. The second-order valence-corrected chi connectivity index (χ2v) is 10.1. The minimum absolute atomic E-state index is 0.00163. The maximum Gasteiger partial charge on any atom is 0.229 e. The number of nitrogens with one attached hydrogen (secondary N) is 2. The van der Waals surface area contributed by atoms with Crippen LogP contribution in [0, 0.1) is 5.92 Å². The fraction of sp³-hybridized carbons (Fsp3) is 0.409. The van der Waals surface area contributed by atoms with Crippen LogP contribution in [0.2, 0.25) is 0 Å². The molecule has 0 heterocycles. The van der Waals surface area contributed by atoms with Crippen LogP contribution in [0.4, 0.5) is 5.69 Å². The van der Waals surface area contributed by atoms with Gasteiger partial charge in [-0.2, -0.15) is 0 Å². The smallest absolute Gasteiger partial charge is 0.229 e. The Morgan fingerprint density at radius 1 is 0.964 bits per heavy atom. The van der Waals surface area contributed by atoms with Crippen molar-refractivity contribution in [2.24, 2.45) is 5.92 Å². The lowest BCUT2D eigenvalue weighted by atomic mass is 9.86. The molecule has 0 aliphatic rings. The van der Waals surface area contributed by atoms with Crippen molar-refractivity contribution >= 4 is 21.6 Å². The maximum absolute atomic E-state index is 12.4. The molecule has 1 amide bonds. The van der Waals surface area contributed by atoms with E-state index in [4.69, 9.17) is 0 Å². The van der Waals surface area contributed by atoms with E-state index in [1.54, 1.807) is 24.3 Å². The number of hydrogen-bond acceptors (Lipinski definition) is 3. The van der Waals surface area contributed by atoms with Gasteiger partial charge in [0.1, 0.15) is 0 Å². The molecule has 1 atom stereocenters. The van der Waals surface area contributed by atoms with Gasteiger partial charge < -0.3 is 5.32 Å². The second-order valence-electron chi connectivity index (χ2n) is 8.34. The first-order chi connectivity index (χ1) is 12.9. The Balaban J connectivity index is 1.87. The molecule has 5 nitrogen and oxygen atoms in total. The molecule has 0 bridgehead atoms. The molecule has 152 valence electrons. The monoisotopic (exact) mass is 402 g/mol. The lowest BCUT2D eigenvalue weighted by Gasteiger charge is -2.19. The lowest BCUT2D eigenvalue weighted by Crippen LogP contribution is -2.29. The molecule has 0 fully saturated rings. The van der Waals surface area contributed by atoms with Gasteiger partial charge in [0.25, 0.3) is 0 Å². The fourth-order valence-electron chi connectivity index (χ4n) is 2.86. The average molecular weight is 403 g/mol. The average Bonchev–Trinajstić information content (AvgIpc) is 2.59. The van der Waals surface area contributed by atoms with Gasteiger partial charge >= 0.3 is 0 Å². The number of carbonyl (C=O) groups excluding carboxylic acids is 1. The van der Waals surface area contributed by atoms with E-state index in [9.17, 15) is 13.2 Å². The summed E-state index contributed by atoms with van der Waals surface area (Å²) in [7, 11) is -3.29. The first-order valence-corrected chi connectivity index (χ1v) is 11.3. The number of sulfonamides is 1. The van der Waals surface area contributed by atoms with E-state index in [0.29, 0.717) is 18.7 Å². The van der Waals surface area contributed by atoms with E-state index in [2.05, 4.69) is 55.1 Å². The van der Waals surface area contributed by atoms with E-state index in [1.807, 2.05) is 6.92 Å². The summed E-state index contributed by atoms with van der Waals surface area (Å²) in [4.78, 5) is 12.4. The van der Waals surface area contributed by atoms with Crippen molar-refractivity contribution in [3.05, 3.63) is 65.2 Å². The zero-order chi connectivity index (χ0) is 20.9. The molecule has 1 unspecified atom stereocenters. The largest absolute Gasteiger partial charge is 0.352 e. The van der Waals surface area contributed by atoms with Gasteiger partial charge in [-0.05, 0) is 40.7 Å². The first kappa shape index (κ1) is 22.0. The minimum atomic E-state index is -3.29. The van der Waals surface area contributed by atoms with Crippen molar-refractivity contribution in [1.29, 1.82) is 0 Å². The van der Waals surface area contributed by atoms with Crippen LogP contribution in [0.3, 0.4) is 0 Å². The van der Waals surface area contributed by atoms with Crippen molar-refractivity contribution in [3.63, 3.8) is 0 Å². The summed E-state index contributed by atoms with van der Waals surface area (Å²) in [5.74, 6) is -0.134. The van der Waals surface area contributed by atoms with Crippen LogP contribution in [0.25, 0.3) is 0 Å². The van der Waals surface area contributed by atoms with E-state index < -0.39 is 10.0 Å². The lowest BCUT2D eigenvalue weighted by molar-refractivity contribution is -0.124. The van der Waals surface area contributed by atoms with E-state index in [1.165, 1.54) is 5.56 Å². The highest BCUT2D eigenvalue weighted by Gasteiger charge is 2.16. The summed E-state index contributed by atoms with van der Waals surface area (Å²) in [5.41, 5.74) is 3.96. The van der Waals surface area contributed by atoms with E-state index in [-0.39, 0.29) is 17.2 Å². The summed E-state index contributed by atoms with van der Waals surface area (Å²) in [6.07, 6.45) is 1.80. The molecule has 28 heavy (non-hydrogen) atoms. The Morgan fingerprint density at radius 3 is 2.00 bits per heavy atom. The Morgan fingerprint density at radius 2 is 1.50 bits per heavy atom. The highest BCUT2D eigenvalue weighted by molar-refractivity contribution is 7.92. The molecule has 0 aliphatic carbocycles. The van der Waals surface area contributed by atoms with Crippen molar-refractivity contribution in [1.82, 2.24) is 5.32 Å². The molecule has 0 spiro atoms. The molecule has 0 aromatic heterocycles. The van der Waals surface area contributed by atoms with Crippen molar-refractivity contribution in [2.45, 2.75) is 46.1 Å². The number of hydrogen-bond donors (Lipinski definition) is 2. The third-order valence-corrected chi connectivity index (χ3v) is 5.14.